The quantitative estimate of drug-likeness (QED) is 0.233. The van der Waals surface area contributed by atoms with E-state index in [0.717, 1.165) is 57.1 Å². The van der Waals surface area contributed by atoms with Gasteiger partial charge < -0.3 is 16.4 Å². The summed E-state index contributed by atoms with van der Waals surface area (Å²) in [6.45, 7) is 3.54. The molecule has 1 aliphatic heterocycles. The van der Waals surface area contributed by atoms with Gasteiger partial charge in [-0.15, -0.1) is 11.3 Å². The van der Waals surface area contributed by atoms with Gasteiger partial charge >= 0.3 is 0 Å². The van der Waals surface area contributed by atoms with E-state index in [1.54, 1.807) is 0 Å². The highest BCUT2D eigenvalue weighted by molar-refractivity contribution is 7.17. The van der Waals surface area contributed by atoms with Gasteiger partial charge in [-0.25, -0.2) is 15.0 Å². The molecule has 5 aromatic rings. The van der Waals surface area contributed by atoms with Crippen molar-refractivity contribution in [1.82, 2.24) is 19.9 Å². The van der Waals surface area contributed by atoms with Gasteiger partial charge in [0.15, 0.2) is 0 Å². The number of carbonyl (C=O) groups is 1. The van der Waals surface area contributed by atoms with E-state index in [1.807, 2.05) is 60.0 Å². The lowest BCUT2D eigenvalue weighted by molar-refractivity contribution is 0.101. The number of nitrogen functional groups attached to an aromatic ring is 1. The standard InChI is InChI=1S/C28H26ClN7OS/c29-19-7-8-21(18(13-19)16-36-10-3-4-11-36)31-15-23-20-6-2-1-5-17(20)14-24(32-23)34-28(37)27-33-22-9-12-38-25(22)26(30)35-27/h1-2,5-9,12-14,31H,3-4,10-11,15-16H2,(H2,30,33,35)(H,32,34,37). The lowest BCUT2D eigenvalue weighted by Crippen LogP contribution is -2.19. The van der Waals surface area contributed by atoms with Crippen molar-refractivity contribution in [2.45, 2.75) is 25.9 Å². The van der Waals surface area contributed by atoms with Gasteiger partial charge in [0.05, 0.1) is 22.5 Å². The first-order valence-corrected chi connectivity index (χ1v) is 13.7. The second kappa shape index (κ2) is 10.5. The van der Waals surface area contributed by atoms with Crippen LogP contribution in [0.15, 0.2) is 60.0 Å². The van der Waals surface area contributed by atoms with Gasteiger partial charge in [-0.2, -0.15) is 0 Å². The van der Waals surface area contributed by atoms with Crippen molar-refractivity contribution in [2.75, 3.05) is 29.5 Å². The van der Waals surface area contributed by atoms with Crippen molar-refractivity contribution < 1.29 is 4.79 Å². The van der Waals surface area contributed by atoms with Gasteiger partial charge in [-0.05, 0) is 72.6 Å². The molecule has 8 nitrogen and oxygen atoms in total. The Bertz CT molecular complexity index is 1650. The molecule has 4 heterocycles. The molecule has 38 heavy (non-hydrogen) atoms. The van der Waals surface area contributed by atoms with E-state index in [0.29, 0.717) is 23.7 Å². The lowest BCUT2D eigenvalue weighted by atomic mass is 10.1. The van der Waals surface area contributed by atoms with Crippen LogP contribution in [0.5, 0.6) is 0 Å². The number of amides is 1. The number of nitrogens with zero attached hydrogens (tertiary/aromatic N) is 4. The Balaban J connectivity index is 1.27. The van der Waals surface area contributed by atoms with Gasteiger partial charge in [0.1, 0.15) is 11.6 Å². The number of hydrogen-bond acceptors (Lipinski definition) is 8. The van der Waals surface area contributed by atoms with Gasteiger partial charge in [0, 0.05) is 22.6 Å². The lowest BCUT2D eigenvalue weighted by Gasteiger charge is -2.19. The van der Waals surface area contributed by atoms with Crippen molar-refractivity contribution in [3.8, 4) is 0 Å². The van der Waals surface area contributed by atoms with Crippen molar-refractivity contribution >= 4 is 67.2 Å². The maximum absolute atomic E-state index is 13.0. The van der Waals surface area contributed by atoms with E-state index in [1.165, 1.54) is 24.2 Å². The smallest absolute Gasteiger partial charge is 0.294 e. The highest BCUT2D eigenvalue weighted by atomic mass is 35.5. The van der Waals surface area contributed by atoms with Crippen LogP contribution in [0.25, 0.3) is 21.0 Å². The van der Waals surface area contributed by atoms with E-state index >= 15 is 0 Å². The van der Waals surface area contributed by atoms with Gasteiger partial charge in [0.2, 0.25) is 5.82 Å². The molecule has 4 N–H and O–H groups in total. The van der Waals surface area contributed by atoms with Crippen LogP contribution >= 0.6 is 22.9 Å². The number of carbonyl (C=O) groups excluding carboxylic acids is 1. The summed E-state index contributed by atoms with van der Waals surface area (Å²) in [7, 11) is 0. The molecule has 1 fully saturated rings. The topological polar surface area (TPSA) is 109 Å². The van der Waals surface area contributed by atoms with Crippen molar-refractivity contribution in [3.05, 3.63) is 82.1 Å². The van der Waals surface area contributed by atoms with Crippen molar-refractivity contribution in [1.29, 1.82) is 0 Å². The molecule has 0 atom stereocenters. The number of nitrogens with one attached hydrogen (secondary N) is 2. The number of pyridine rings is 1. The fourth-order valence-electron chi connectivity index (χ4n) is 4.86. The molecule has 1 amide bonds. The molecular weight excluding hydrogens is 518 g/mol. The van der Waals surface area contributed by atoms with E-state index in [-0.39, 0.29) is 5.82 Å². The fourth-order valence-corrected chi connectivity index (χ4v) is 5.78. The molecule has 1 aliphatic rings. The zero-order valence-electron chi connectivity index (χ0n) is 20.6. The number of aromatic nitrogens is 3. The molecule has 192 valence electrons. The third-order valence-electron chi connectivity index (χ3n) is 6.70. The van der Waals surface area contributed by atoms with Crippen LogP contribution in [0.3, 0.4) is 0 Å². The second-order valence-corrected chi connectivity index (χ2v) is 10.7. The summed E-state index contributed by atoms with van der Waals surface area (Å²) in [6.07, 6.45) is 2.47. The number of likely N-dealkylation sites (tertiary alicyclic amines) is 1. The predicted octanol–water partition coefficient (Wildman–Crippen LogP) is 5.94. The monoisotopic (exact) mass is 543 g/mol. The van der Waals surface area contributed by atoms with E-state index in [2.05, 4.69) is 25.5 Å². The number of rotatable bonds is 7. The van der Waals surface area contributed by atoms with Crippen LogP contribution in [-0.4, -0.2) is 38.8 Å². The normalized spacial score (nSPS) is 13.8. The molecule has 0 radical (unpaired) electrons. The number of halogens is 1. The number of anilines is 3. The minimum atomic E-state index is -0.461. The Hall–Kier alpha value is -3.79. The summed E-state index contributed by atoms with van der Waals surface area (Å²) in [6, 6.07) is 17.6. The first kappa shape index (κ1) is 24.5. The Morgan fingerprint density at radius 2 is 1.89 bits per heavy atom. The maximum atomic E-state index is 13.0. The number of thiophene rings is 1. The molecule has 0 saturated carbocycles. The fraction of sp³-hybridized carbons (Fsp3) is 0.214. The molecule has 0 unspecified atom stereocenters. The van der Waals surface area contributed by atoms with E-state index in [9.17, 15) is 4.79 Å². The minimum absolute atomic E-state index is 0.00996. The first-order valence-electron chi connectivity index (χ1n) is 12.5. The molecular formula is C28H26ClN7OS. The van der Waals surface area contributed by atoms with Crippen LogP contribution in [0.4, 0.5) is 17.3 Å². The Morgan fingerprint density at radius 1 is 1.05 bits per heavy atom. The van der Waals surface area contributed by atoms with Gasteiger partial charge in [-0.1, -0.05) is 35.9 Å². The molecule has 10 heteroatoms. The molecule has 0 spiro atoms. The summed E-state index contributed by atoms with van der Waals surface area (Å²) in [5.41, 5.74) is 9.69. The SMILES string of the molecule is Nc1nc(C(=O)Nc2cc3ccccc3c(CNc3ccc(Cl)cc3CN3CCCC3)n2)nc2ccsc12. The summed E-state index contributed by atoms with van der Waals surface area (Å²) in [5.74, 6) is 0.263. The largest absolute Gasteiger partial charge is 0.382 e. The summed E-state index contributed by atoms with van der Waals surface area (Å²) in [5, 5.41) is 11.0. The Labute approximate surface area is 228 Å². The number of fused-ring (bicyclic) bond motifs is 2. The zero-order chi connectivity index (χ0) is 26.1. The van der Waals surface area contributed by atoms with Crippen LogP contribution in [0.1, 0.15) is 34.7 Å². The molecule has 0 bridgehead atoms. The van der Waals surface area contributed by atoms with Crippen molar-refractivity contribution in [2.24, 2.45) is 0 Å². The molecule has 3 aromatic heterocycles. The molecule has 2 aromatic carbocycles. The summed E-state index contributed by atoms with van der Waals surface area (Å²) < 4.78 is 0.769. The van der Waals surface area contributed by atoms with E-state index in [4.69, 9.17) is 22.3 Å². The summed E-state index contributed by atoms with van der Waals surface area (Å²) in [4.78, 5) is 28.8. The maximum Gasteiger partial charge on any atom is 0.294 e. The molecule has 1 saturated heterocycles. The summed E-state index contributed by atoms with van der Waals surface area (Å²) >= 11 is 7.78. The predicted molar refractivity (Wildman–Crippen MR) is 155 cm³/mol. The molecule has 0 aliphatic carbocycles. The average molecular weight is 544 g/mol. The number of nitrogens with two attached hydrogens (primary N) is 1. The Kier molecular flexibility index (Phi) is 6.80. The first-order chi connectivity index (χ1) is 18.5. The number of benzene rings is 2. The molecule has 6 rings (SSSR count). The van der Waals surface area contributed by atoms with Crippen LogP contribution in [0, 0.1) is 0 Å². The van der Waals surface area contributed by atoms with Crippen LogP contribution in [-0.2, 0) is 13.1 Å². The van der Waals surface area contributed by atoms with Gasteiger partial charge in [0.25, 0.3) is 5.91 Å². The Morgan fingerprint density at radius 3 is 2.76 bits per heavy atom. The highest BCUT2D eigenvalue weighted by Crippen LogP contribution is 2.27. The highest BCUT2D eigenvalue weighted by Gasteiger charge is 2.17. The third-order valence-corrected chi connectivity index (χ3v) is 7.86. The van der Waals surface area contributed by atoms with Crippen molar-refractivity contribution in [3.63, 3.8) is 0 Å². The third kappa shape index (κ3) is 5.13. The minimum Gasteiger partial charge on any atom is -0.382 e. The second-order valence-electron chi connectivity index (χ2n) is 9.34. The number of hydrogen-bond donors (Lipinski definition) is 3. The van der Waals surface area contributed by atoms with Crippen LogP contribution in [0.2, 0.25) is 5.02 Å². The average Bonchev–Trinajstić information content (AvgIpc) is 3.60. The zero-order valence-corrected chi connectivity index (χ0v) is 22.1. The van der Waals surface area contributed by atoms with Crippen LogP contribution < -0.4 is 16.4 Å². The van der Waals surface area contributed by atoms with Gasteiger partial charge in [-0.3, -0.25) is 9.69 Å². The van der Waals surface area contributed by atoms with E-state index < -0.39 is 5.91 Å².